The van der Waals surface area contributed by atoms with E-state index in [0.717, 1.165) is 11.0 Å². The molecule has 0 aliphatic heterocycles. The monoisotopic (exact) mass is 281 g/mol. The van der Waals surface area contributed by atoms with E-state index in [0.29, 0.717) is 11.4 Å². The van der Waals surface area contributed by atoms with Crippen LogP contribution in [0.3, 0.4) is 0 Å². The second-order valence-electron chi connectivity index (χ2n) is 4.74. The van der Waals surface area contributed by atoms with Gasteiger partial charge in [0.1, 0.15) is 11.6 Å². The molecule has 1 atom stereocenters. The van der Waals surface area contributed by atoms with Gasteiger partial charge >= 0.3 is 0 Å². The molecule has 0 fully saturated rings. The van der Waals surface area contributed by atoms with Gasteiger partial charge < -0.3 is 15.5 Å². The first kappa shape index (κ1) is 13.3. The van der Waals surface area contributed by atoms with Gasteiger partial charge in [-0.25, -0.2) is 4.98 Å². The largest absolute Gasteiger partial charge is 0.508 e. The van der Waals surface area contributed by atoms with Crippen LogP contribution in [0, 0.1) is 0 Å². The molecule has 1 unspecified atom stereocenters. The zero-order valence-corrected chi connectivity index (χ0v) is 11.3. The lowest BCUT2D eigenvalue weighted by molar-refractivity contribution is 0.191. The average Bonchev–Trinajstić information content (AvgIpc) is 2.52. The number of aliphatic hydroxyl groups excluding tert-OH is 1. The molecule has 3 N–H and O–H groups in total. The molecule has 0 spiro atoms. The van der Waals surface area contributed by atoms with Crippen LogP contribution in [0.15, 0.2) is 54.7 Å². The second kappa shape index (κ2) is 5.76. The molecule has 0 saturated heterocycles. The maximum atomic E-state index is 10.1. The standard InChI is InChI=1S/C16H15N3O2/c20-12-5-3-4-11(8-12)15(21)9-18-16-10-17-13-6-1-2-7-14(13)19-16/h1-8,10,15,20-21H,9H2,(H,18,19). The predicted molar refractivity (Wildman–Crippen MR) is 81.1 cm³/mol. The van der Waals surface area contributed by atoms with Gasteiger partial charge in [0, 0.05) is 6.54 Å². The van der Waals surface area contributed by atoms with Gasteiger partial charge in [-0.1, -0.05) is 24.3 Å². The van der Waals surface area contributed by atoms with Crippen LogP contribution in [0.25, 0.3) is 11.0 Å². The van der Waals surface area contributed by atoms with E-state index in [2.05, 4.69) is 15.3 Å². The van der Waals surface area contributed by atoms with Crippen molar-refractivity contribution in [1.82, 2.24) is 9.97 Å². The molecule has 0 aliphatic carbocycles. The smallest absolute Gasteiger partial charge is 0.145 e. The summed E-state index contributed by atoms with van der Waals surface area (Å²) in [5.74, 6) is 0.741. The molecule has 21 heavy (non-hydrogen) atoms. The predicted octanol–water partition coefficient (Wildman–Crippen LogP) is 2.48. The van der Waals surface area contributed by atoms with Crippen LogP contribution >= 0.6 is 0 Å². The molecule has 5 nitrogen and oxygen atoms in total. The SMILES string of the molecule is Oc1cccc(C(O)CNc2cnc3ccccc3n2)c1. The number of para-hydroxylation sites is 2. The van der Waals surface area contributed by atoms with Crippen molar-refractivity contribution < 1.29 is 10.2 Å². The summed E-state index contributed by atoms with van der Waals surface area (Å²) in [7, 11) is 0. The van der Waals surface area contributed by atoms with Crippen molar-refractivity contribution in [2.45, 2.75) is 6.10 Å². The number of nitrogens with one attached hydrogen (secondary N) is 1. The van der Waals surface area contributed by atoms with Gasteiger partial charge in [0.25, 0.3) is 0 Å². The number of fused-ring (bicyclic) bond motifs is 1. The number of phenols is 1. The quantitative estimate of drug-likeness (QED) is 0.684. The third-order valence-corrected chi connectivity index (χ3v) is 3.18. The molecule has 0 saturated carbocycles. The first-order chi connectivity index (χ1) is 10.2. The zero-order valence-electron chi connectivity index (χ0n) is 11.3. The molecule has 1 aromatic heterocycles. The number of phenolic OH excluding ortho intramolecular Hbond substituents is 1. The Hall–Kier alpha value is -2.66. The normalized spacial score (nSPS) is 12.2. The molecular weight excluding hydrogens is 266 g/mol. The highest BCUT2D eigenvalue weighted by molar-refractivity contribution is 5.75. The minimum atomic E-state index is -0.731. The van der Waals surface area contributed by atoms with Gasteiger partial charge in [-0.2, -0.15) is 0 Å². The van der Waals surface area contributed by atoms with Crippen LogP contribution in [-0.4, -0.2) is 26.7 Å². The Balaban J connectivity index is 1.71. The first-order valence-electron chi connectivity index (χ1n) is 6.65. The lowest BCUT2D eigenvalue weighted by Gasteiger charge is -2.13. The first-order valence-corrected chi connectivity index (χ1v) is 6.65. The highest BCUT2D eigenvalue weighted by Gasteiger charge is 2.08. The Labute approximate surface area is 121 Å². The summed E-state index contributed by atoms with van der Waals surface area (Å²) in [5, 5.41) is 22.6. The molecule has 0 bridgehead atoms. The van der Waals surface area contributed by atoms with Gasteiger partial charge in [0.15, 0.2) is 0 Å². The van der Waals surface area contributed by atoms with Crippen LogP contribution < -0.4 is 5.32 Å². The van der Waals surface area contributed by atoms with E-state index in [1.807, 2.05) is 24.3 Å². The highest BCUT2D eigenvalue weighted by Crippen LogP contribution is 2.19. The number of aliphatic hydroxyl groups is 1. The maximum Gasteiger partial charge on any atom is 0.145 e. The fourth-order valence-electron chi connectivity index (χ4n) is 2.09. The van der Waals surface area contributed by atoms with Gasteiger partial charge in [-0.15, -0.1) is 0 Å². The van der Waals surface area contributed by atoms with Crippen LogP contribution in [0.1, 0.15) is 11.7 Å². The minimum Gasteiger partial charge on any atom is -0.508 e. The van der Waals surface area contributed by atoms with Crippen molar-refractivity contribution >= 4 is 16.9 Å². The van der Waals surface area contributed by atoms with Crippen LogP contribution in [0.4, 0.5) is 5.82 Å². The van der Waals surface area contributed by atoms with Crippen LogP contribution in [0.5, 0.6) is 5.75 Å². The van der Waals surface area contributed by atoms with Gasteiger partial charge in [0.05, 0.1) is 23.3 Å². The van der Waals surface area contributed by atoms with Crippen molar-refractivity contribution in [2.75, 3.05) is 11.9 Å². The molecule has 2 aromatic carbocycles. The molecule has 5 heteroatoms. The summed E-state index contributed by atoms with van der Waals surface area (Å²) in [5.41, 5.74) is 2.28. The summed E-state index contributed by atoms with van der Waals surface area (Å²) in [6.45, 7) is 0.288. The van der Waals surface area contributed by atoms with E-state index in [1.54, 1.807) is 30.5 Å². The zero-order chi connectivity index (χ0) is 14.7. The number of hydrogen-bond acceptors (Lipinski definition) is 5. The van der Waals surface area contributed by atoms with E-state index in [9.17, 15) is 10.2 Å². The number of benzene rings is 2. The Kier molecular flexibility index (Phi) is 3.66. The molecule has 3 aromatic rings. The van der Waals surface area contributed by atoms with E-state index in [4.69, 9.17) is 0 Å². The Bertz CT molecular complexity index is 761. The van der Waals surface area contributed by atoms with Gasteiger partial charge in [-0.05, 0) is 29.8 Å². The summed E-state index contributed by atoms with van der Waals surface area (Å²) in [6.07, 6.45) is 0.905. The molecule has 106 valence electrons. The van der Waals surface area contributed by atoms with Crippen molar-refractivity contribution in [3.8, 4) is 5.75 Å². The van der Waals surface area contributed by atoms with Gasteiger partial charge in [-0.3, -0.25) is 4.98 Å². The number of rotatable bonds is 4. The topological polar surface area (TPSA) is 78.3 Å². The van der Waals surface area contributed by atoms with Crippen LogP contribution in [0.2, 0.25) is 0 Å². The number of nitrogens with zero attached hydrogens (tertiary/aromatic N) is 2. The summed E-state index contributed by atoms with van der Waals surface area (Å²) >= 11 is 0. The summed E-state index contributed by atoms with van der Waals surface area (Å²) in [6, 6.07) is 14.2. The summed E-state index contributed by atoms with van der Waals surface area (Å²) < 4.78 is 0. The number of hydrogen-bond donors (Lipinski definition) is 3. The van der Waals surface area contributed by atoms with Gasteiger partial charge in [0.2, 0.25) is 0 Å². The van der Waals surface area contributed by atoms with E-state index in [-0.39, 0.29) is 12.3 Å². The average molecular weight is 281 g/mol. The summed E-state index contributed by atoms with van der Waals surface area (Å²) in [4.78, 5) is 8.72. The fraction of sp³-hybridized carbons (Fsp3) is 0.125. The Morgan fingerprint density at radius 2 is 1.86 bits per heavy atom. The van der Waals surface area contributed by atoms with Crippen molar-refractivity contribution in [3.63, 3.8) is 0 Å². The molecule has 0 radical (unpaired) electrons. The third kappa shape index (κ3) is 3.09. The van der Waals surface area contributed by atoms with E-state index < -0.39 is 6.10 Å². The lowest BCUT2D eigenvalue weighted by atomic mass is 10.1. The van der Waals surface area contributed by atoms with Crippen molar-refractivity contribution in [2.24, 2.45) is 0 Å². The van der Waals surface area contributed by atoms with Crippen LogP contribution in [-0.2, 0) is 0 Å². The maximum absolute atomic E-state index is 10.1. The number of anilines is 1. The fourth-order valence-corrected chi connectivity index (χ4v) is 2.09. The molecule has 0 aliphatic rings. The van der Waals surface area contributed by atoms with Crippen molar-refractivity contribution in [3.05, 3.63) is 60.3 Å². The Morgan fingerprint density at radius 1 is 1.05 bits per heavy atom. The van der Waals surface area contributed by atoms with E-state index >= 15 is 0 Å². The number of aromatic nitrogens is 2. The second-order valence-corrected chi connectivity index (χ2v) is 4.74. The molecule has 0 amide bonds. The number of aromatic hydroxyl groups is 1. The van der Waals surface area contributed by atoms with E-state index in [1.165, 1.54) is 0 Å². The Morgan fingerprint density at radius 3 is 2.67 bits per heavy atom. The molecule has 1 heterocycles. The highest BCUT2D eigenvalue weighted by atomic mass is 16.3. The lowest BCUT2D eigenvalue weighted by Crippen LogP contribution is -2.13. The van der Waals surface area contributed by atoms with Crippen molar-refractivity contribution in [1.29, 1.82) is 0 Å². The third-order valence-electron chi connectivity index (χ3n) is 3.18. The minimum absolute atomic E-state index is 0.136. The molecular formula is C16H15N3O2. The molecule has 3 rings (SSSR count).